The molecule has 0 bridgehead atoms. The zero-order valence-electron chi connectivity index (χ0n) is 21.6. The van der Waals surface area contributed by atoms with Gasteiger partial charge in [0.2, 0.25) is 0 Å². The number of aryl methyl sites for hydroxylation is 1. The Bertz CT molecular complexity index is 948. The standard InChI is InChI=1S/C19H25O7PS.3K.3H/c1-2-13-26-18-7-4-6-17(14-18)16-11-9-15(10-12-16)5-3-8-19(27(20,21)22)28(23,24)25;;;;;;/h4,6-7,9-12,14,19H,2-3,5,8,13H2,1H3,(H2,20,21,22)(H,23,24,25);;;;;;/q;3*+1;3*-1. The molecular weight excluding hydrogens is 521 g/mol. The van der Waals surface area contributed by atoms with Gasteiger partial charge in [0.15, 0.2) is 4.99 Å². The Hall–Kier alpha value is 3.21. The Kier molecular flexibility index (Phi) is 20.7. The minimum absolute atomic E-state index is 0. The van der Waals surface area contributed by atoms with Crippen LogP contribution in [-0.4, -0.2) is 34.4 Å². The van der Waals surface area contributed by atoms with Crippen molar-refractivity contribution < 1.29 is 190 Å². The largest absolute Gasteiger partial charge is 1.00 e. The Morgan fingerprint density at radius 2 is 1.65 bits per heavy atom. The van der Waals surface area contributed by atoms with E-state index in [1.807, 2.05) is 55.5 Å². The molecule has 7 nitrogen and oxygen atoms in total. The fraction of sp³-hybridized carbons (Fsp3) is 0.368. The number of hydrogen-bond donors (Lipinski definition) is 3. The molecule has 0 saturated heterocycles. The molecule has 0 heterocycles. The number of benzene rings is 2. The van der Waals surface area contributed by atoms with Crippen molar-refractivity contribution in [1.82, 2.24) is 0 Å². The van der Waals surface area contributed by atoms with Crippen LogP contribution in [0.1, 0.15) is 36.0 Å². The van der Waals surface area contributed by atoms with E-state index in [-0.39, 0.29) is 171 Å². The normalized spacial score (nSPS) is 12.0. The fourth-order valence-corrected chi connectivity index (χ4v) is 5.19. The molecule has 12 heteroatoms. The minimum Gasteiger partial charge on any atom is -1.00 e. The molecule has 3 N–H and O–H groups in total. The molecule has 31 heavy (non-hydrogen) atoms. The van der Waals surface area contributed by atoms with Gasteiger partial charge in [-0.3, -0.25) is 9.12 Å². The first-order chi connectivity index (χ1) is 13.1. The predicted octanol–water partition coefficient (Wildman–Crippen LogP) is -4.79. The van der Waals surface area contributed by atoms with Gasteiger partial charge < -0.3 is 18.8 Å². The van der Waals surface area contributed by atoms with Crippen LogP contribution in [-0.2, 0) is 21.1 Å². The molecule has 0 aliphatic rings. The van der Waals surface area contributed by atoms with Crippen molar-refractivity contribution in [1.29, 1.82) is 0 Å². The van der Waals surface area contributed by atoms with E-state index in [4.69, 9.17) is 19.1 Å². The third-order valence-electron chi connectivity index (χ3n) is 4.23. The molecular formula is C19H28K3O7PS. The summed E-state index contributed by atoms with van der Waals surface area (Å²) in [5.41, 5.74) is 2.91. The van der Waals surface area contributed by atoms with Crippen LogP contribution in [0.3, 0.4) is 0 Å². The van der Waals surface area contributed by atoms with Crippen molar-refractivity contribution in [2.24, 2.45) is 0 Å². The average molecular weight is 549 g/mol. The third kappa shape index (κ3) is 13.4. The predicted molar refractivity (Wildman–Crippen MR) is 111 cm³/mol. The Balaban J connectivity index is -0.000000467. The van der Waals surface area contributed by atoms with Crippen LogP contribution in [0.5, 0.6) is 5.75 Å². The van der Waals surface area contributed by atoms with E-state index in [0.717, 1.165) is 28.9 Å². The number of ether oxygens (including phenoxy) is 1. The maximum atomic E-state index is 11.3. The Labute approximate surface area is 316 Å². The molecule has 0 amide bonds. The van der Waals surface area contributed by atoms with Gasteiger partial charge >= 0.3 is 162 Å². The van der Waals surface area contributed by atoms with E-state index >= 15 is 0 Å². The topological polar surface area (TPSA) is 121 Å². The van der Waals surface area contributed by atoms with Crippen LogP contribution in [0.15, 0.2) is 48.5 Å². The monoisotopic (exact) mass is 548 g/mol. The summed E-state index contributed by atoms with van der Waals surface area (Å²) >= 11 is 0. The molecule has 0 radical (unpaired) electrons. The second kappa shape index (κ2) is 17.6. The van der Waals surface area contributed by atoms with Crippen molar-refractivity contribution in [3.8, 4) is 16.9 Å². The molecule has 1 unspecified atom stereocenters. The summed E-state index contributed by atoms with van der Waals surface area (Å²) in [7, 11) is -9.74. The maximum absolute atomic E-state index is 11.3. The van der Waals surface area contributed by atoms with Gasteiger partial charge in [-0.1, -0.05) is 43.3 Å². The van der Waals surface area contributed by atoms with Crippen LogP contribution < -0.4 is 159 Å². The van der Waals surface area contributed by atoms with Crippen molar-refractivity contribution in [2.75, 3.05) is 6.61 Å². The average Bonchev–Trinajstić information content (AvgIpc) is 2.62. The molecule has 0 aliphatic carbocycles. The van der Waals surface area contributed by atoms with E-state index in [0.29, 0.717) is 13.0 Å². The second-order valence-corrected chi connectivity index (χ2v) is 10.3. The van der Waals surface area contributed by atoms with Crippen molar-refractivity contribution in [3.63, 3.8) is 0 Å². The van der Waals surface area contributed by atoms with Gasteiger partial charge in [0.05, 0.1) is 6.61 Å². The molecule has 0 spiro atoms. The molecule has 2 aromatic carbocycles. The Morgan fingerprint density at radius 3 is 2.16 bits per heavy atom. The van der Waals surface area contributed by atoms with E-state index in [1.54, 1.807) is 0 Å². The van der Waals surface area contributed by atoms with Gasteiger partial charge in [-0.05, 0) is 54.5 Å². The summed E-state index contributed by atoms with van der Waals surface area (Å²) < 4.78 is 48.3. The van der Waals surface area contributed by atoms with E-state index in [2.05, 4.69) is 0 Å². The summed E-state index contributed by atoms with van der Waals surface area (Å²) in [5, 5.41) is 0. The van der Waals surface area contributed by atoms with Crippen molar-refractivity contribution >= 4 is 17.7 Å². The SMILES string of the molecule is CCCOc1cccc(-c2ccc(CCCC(P(=O)(O)O)S(=O)(=O)O)cc2)c1.[H-].[H-].[H-].[K+].[K+].[K+]. The zero-order chi connectivity index (χ0) is 20.8. The molecule has 0 aliphatic heterocycles. The summed E-state index contributed by atoms with van der Waals surface area (Å²) in [4.78, 5) is 16.1. The van der Waals surface area contributed by atoms with Gasteiger partial charge in [-0.2, -0.15) is 8.42 Å². The van der Waals surface area contributed by atoms with Gasteiger partial charge in [0.25, 0.3) is 10.1 Å². The molecule has 2 aromatic rings. The first-order valence-corrected chi connectivity index (χ1v) is 12.1. The van der Waals surface area contributed by atoms with Crippen molar-refractivity contribution in [2.45, 2.75) is 37.6 Å². The van der Waals surface area contributed by atoms with Crippen molar-refractivity contribution in [3.05, 3.63) is 54.1 Å². The van der Waals surface area contributed by atoms with Gasteiger partial charge in [0.1, 0.15) is 5.75 Å². The second-order valence-electron chi connectivity index (χ2n) is 6.52. The Morgan fingerprint density at radius 1 is 1.03 bits per heavy atom. The molecule has 0 aromatic heterocycles. The number of rotatable bonds is 10. The van der Waals surface area contributed by atoms with Gasteiger partial charge in [-0.25, -0.2) is 0 Å². The quantitative estimate of drug-likeness (QED) is 0.155. The summed E-state index contributed by atoms with van der Waals surface area (Å²) in [6.45, 7) is 2.70. The van der Waals surface area contributed by atoms with E-state index < -0.39 is 22.7 Å². The first-order valence-electron chi connectivity index (χ1n) is 8.95. The smallest absolute Gasteiger partial charge is 1.00 e. The third-order valence-corrected chi connectivity index (χ3v) is 7.78. The maximum Gasteiger partial charge on any atom is 1.00 e. The van der Waals surface area contributed by atoms with Crippen LogP contribution in [0.2, 0.25) is 0 Å². The van der Waals surface area contributed by atoms with Crippen LogP contribution in [0, 0.1) is 0 Å². The molecule has 0 fully saturated rings. The molecule has 1 atom stereocenters. The minimum atomic E-state index is -4.93. The molecule has 160 valence electrons. The molecule has 2 rings (SSSR count). The summed E-state index contributed by atoms with van der Waals surface area (Å²) in [6, 6.07) is 15.4. The van der Waals surface area contributed by atoms with E-state index in [9.17, 15) is 13.0 Å². The fourth-order valence-electron chi connectivity index (χ4n) is 2.82. The van der Waals surface area contributed by atoms with Gasteiger partial charge in [0, 0.05) is 0 Å². The summed E-state index contributed by atoms with van der Waals surface area (Å²) in [6.07, 6.45) is 1.27. The van der Waals surface area contributed by atoms with Crippen LogP contribution in [0.4, 0.5) is 0 Å². The zero-order valence-corrected chi connectivity index (χ0v) is 29.6. The number of hydrogen-bond acceptors (Lipinski definition) is 4. The van der Waals surface area contributed by atoms with Crippen LogP contribution >= 0.6 is 7.60 Å². The van der Waals surface area contributed by atoms with Crippen LogP contribution in [0.25, 0.3) is 11.1 Å². The first kappa shape index (κ1) is 36.4. The molecule has 0 saturated carbocycles. The van der Waals surface area contributed by atoms with E-state index in [1.165, 1.54) is 0 Å². The summed E-state index contributed by atoms with van der Waals surface area (Å²) in [5.74, 6) is 0.803. The van der Waals surface area contributed by atoms with Gasteiger partial charge in [-0.15, -0.1) is 0 Å².